The van der Waals surface area contributed by atoms with E-state index in [-0.39, 0.29) is 24.0 Å². The molecule has 2 aromatic carbocycles. The van der Waals surface area contributed by atoms with Gasteiger partial charge in [-0.15, -0.1) is 0 Å². The first kappa shape index (κ1) is 26.9. The number of nitroso groups, excluding NO2 is 1. The summed E-state index contributed by atoms with van der Waals surface area (Å²) in [7, 11) is 1.61. The van der Waals surface area contributed by atoms with Crippen molar-refractivity contribution in [1.82, 2.24) is 16.0 Å². The van der Waals surface area contributed by atoms with Crippen molar-refractivity contribution in [3.8, 4) is 0 Å². The maximum Gasteiger partial charge on any atom is 0.258 e. The molecule has 0 saturated heterocycles. The molecule has 184 valence electrons. The Morgan fingerprint density at radius 1 is 1.09 bits per heavy atom. The second-order valence-corrected chi connectivity index (χ2v) is 7.48. The van der Waals surface area contributed by atoms with Crippen molar-refractivity contribution < 1.29 is 22.7 Å². The number of nitrogens with zero attached hydrogens (tertiary/aromatic N) is 2. The van der Waals surface area contributed by atoms with Gasteiger partial charge in [0.05, 0.1) is 6.61 Å². The maximum absolute atomic E-state index is 13.6. The highest BCUT2D eigenvalue weighted by Gasteiger charge is 2.20. The van der Waals surface area contributed by atoms with Crippen LogP contribution in [-0.2, 0) is 4.74 Å². The fourth-order valence-corrected chi connectivity index (χ4v) is 3.02. The van der Waals surface area contributed by atoms with Gasteiger partial charge >= 0.3 is 0 Å². The van der Waals surface area contributed by atoms with E-state index in [1.165, 1.54) is 24.3 Å². The summed E-state index contributed by atoms with van der Waals surface area (Å²) in [5.74, 6) is -3.35. The van der Waals surface area contributed by atoms with Crippen LogP contribution in [0.4, 0.5) is 13.2 Å². The van der Waals surface area contributed by atoms with E-state index in [4.69, 9.17) is 4.74 Å². The van der Waals surface area contributed by atoms with E-state index in [2.05, 4.69) is 26.1 Å². The molecule has 2 rings (SSSR count). The van der Waals surface area contributed by atoms with Crippen LogP contribution in [0.25, 0.3) is 0 Å². The van der Waals surface area contributed by atoms with Crippen LogP contribution in [-0.4, -0.2) is 44.3 Å². The Morgan fingerprint density at radius 3 is 2.38 bits per heavy atom. The van der Waals surface area contributed by atoms with Crippen LogP contribution in [0.5, 0.6) is 0 Å². The third kappa shape index (κ3) is 8.23. The molecule has 1 amide bonds. The fraction of sp³-hybridized carbons (Fsp3) is 0.391. The van der Waals surface area contributed by atoms with Crippen molar-refractivity contribution in [1.29, 1.82) is 0 Å². The normalized spacial score (nSPS) is 14.2. The van der Waals surface area contributed by atoms with E-state index < -0.39 is 35.6 Å². The number of rotatable bonds is 11. The first-order valence-electron chi connectivity index (χ1n) is 10.7. The molecule has 0 spiro atoms. The molecule has 0 radical (unpaired) electrons. The highest BCUT2D eigenvalue weighted by atomic mass is 19.2. The number of ether oxygens (including phenoxy) is 1. The molecule has 0 aliphatic carbocycles. The quantitative estimate of drug-likeness (QED) is 0.259. The number of carbonyl (C=O) groups excluding carboxylic acids is 1. The molecule has 0 fully saturated rings. The topological polar surface area (TPSA) is 104 Å². The standard InChI is InChI=1S/C23H28F3N5O3/c1-4-34-13-14(2)28-23(30-22(32)16-7-10-18(25)19(26)11-16)29-21(27-3)12-20(31-33)15-5-8-17(24)9-6-15/h5-11,14,20-21,27H,4,12-13H2,1-3H3,(H2,28,29,30,32). The Bertz CT molecular complexity index is 988. The molecule has 0 aliphatic rings. The molecular weight excluding hydrogens is 451 g/mol. The van der Waals surface area contributed by atoms with Crippen LogP contribution >= 0.6 is 0 Å². The molecule has 3 atom stereocenters. The summed E-state index contributed by atoms with van der Waals surface area (Å²) in [6.45, 7) is 4.45. The molecule has 0 aliphatic heterocycles. The molecule has 0 aromatic heterocycles. The molecule has 8 nitrogen and oxygen atoms in total. The van der Waals surface area contributed by atoms with Crippen LogP contribution in [0, 0.1) is 22.4 Å². The molecular formula is C23H28F3N5O3. The Morgan fingerprint density at radius 2 is 1.79 bits per heavy atom. The summed E-state index contributed by atoms with van der Waals surface area (Å²) in [5.41, 5.74) is 0.405. The summed E-state index contributed by atoms with van der Waals surface area (Å²) in [4.78, 5) is 28.5. The molecule has 2 aromatic rings. The van der Waals surface area contributed by atoms with Crippen LogP contribution in [0.1, 0.15) is 42.2 Å². The van der Waals surface area contributed by atoms with Crippen LogP contribution in [0.3, 0.4) is 0 Å². The molecule has 34 heavy (non-hydrogen) atoms. The predicted molar refractivity (Wildman–Crippen MR) is 123 cm³/mol. The average molecular weight is 480 g/mol. The number of carbonyl (C=O) groups is 1. The van der Waals surface area contributed by atoms with E-state index in [0.717, 1.165) is 18.2 Å². The number of aliphatic imine (C=N–C) groups is 1. The molecule has 3 N–H and O–H groups in total. The molecule has 0 saturated carbocycles. The van der Waals surface area contributed by atoms with E-state index in [1.54, 1.807) is 14.0 Å². The highest BCUT2D eigenvalue weighted by Crippen LogP contribution is 2.23. The summed E-state index contributed by atoms with van der Waals surface area (Å²) in [6, 6.07) is 7.08. The second kappa shape index (κ2) is 13.4. The minimum absolute atomic E-state index is 0.0324. The monoisotopic (exact) mass is 479 g/mol. The van der Waals surface area contributed by atoms with Crippen molar-refractivity contribution in [2.24, 2.45) is 10.2 Å². The number of hydrogen-bond acceptors (Lipinski definition) is 6. The number of halogens is 3. The minimum Gasteiger partial charge on any atom is -0.380 e. The smallest absolute Gasteiger partial charge is 0.258 e. The molecule has 3 unspecified atom stereocenters. The maximum atomic E-state index is 13.6. The molecule has 0 bridgehead atoms. The summed E-state index contributed by atoms with van der Waals surface area (Å²) in [6.07, 6.45) is -0.572. The SMILES string of the molecule is CCOCC(C)NC(=NC(CC(N=O)c1ccc(F)cc1)NC)NC(=O)c1ccc(F)c(F)c1. The van der Waals surface area contributed by atoms with Gasteiger partial charge in [0.2, 0.25) is 0 Å². The van der Waals surface area contributed by atoms with Gasteiger partial charge in [0.15, 0.2) is 17.6 Å². The van der Waals surface area contributed by atoms with Gasteiger partial charge in [0.25, 0.3) is 5.91 Å². The van der Waals surface area contributed by atoms with E-state index >= 15 is 0 Å². The number of nitrogens with one attached hydrogen (secondary N) is 3. The van der Waals surface area contributed by atoms with Crippen molar-refractivity contribution >= 4 is 11.9 Å². The lowest BCUT2D eigenvalue weighted by molar-refractivity contribution is 0.0973. The van der Waals surface area contributed by atoms with Gasteiger partial charge in [0.1, 0.15) is 18.0 Å². The lowest BCUT2D eigenvalue weighted by atomic mass is 10.0. The number of benzene rings is 2. The molecule has 0 heterocycles. The van der Waals surface area contributed by atoms with Gasteiger partial charge in [-0.2, -0.15) is 4.91 Å². The Balaban J connectivity index is 2.25. The fourth-order valence-electron chi connectivity index (χ4n) is 3.02. The van der Waals surface area contributed by atoms with Crippen molar-refractivity contribution in [3.63, 3.8) is 0 Å². The Labute approximate surface area is 196 Å². The lowest BCUT2D eigenvalue weighted by Crippen LogP contribution is -2.47. The summed E-state index contributed by atoms with van der Waals surface area (Å²) in [5, 5.41) is 11.6. The van der Waals surface area contributed by atoms with Crippen LogP contribution in [0.15, 0.2) is 52.6 Å². The summed E-state index contributed by atoms with van der Waals surface area (Å²) < 4.78 is 45.4. The van der Waals surface area contributed by atoms with Crippen LogP contribution in [0.2, 0.25) is 0 Å². The Hall–Kier alpha value is -3.31. The van der Waals surface area contributed by atoms with Gasteiger partial charge in [0, 0.05) is 24.6 Å². The van der Waals surface area contributed by atoms with Crippen molar-refractivity contribution in [2.45, 2.75) is 38.5 Å². The zero-order valence-corrected chi connectivity index (χ0v) is 19.1. The third-order valence-corrected chi connectivity index (χ3v) is 4.82. The van der Waals surface area contributed by atoms with Gasteiger partial charge in [-0.05, 0) is 56.8 Å². The summed E-state index contributed by atoms with van der Waals surface area (Å²) >= 11 is 0. The van der Waals surface area contributed by atoms with E-state index in [1.807, 2.05) is 6.92 Å². The van der Waals surface area contributed by atoms with E-state index in [0.29, 0.717) is 18.8 Å². The van der Waals surface area contributed by atoms with Crippen molar-refractivity contribution in [3.05, 3.63) is 76.0 Å². The largest absolute Gasteiger partial charge is 0.380 e. The van der Waals surface area contributed by atoms with Crippen molar-refractivity contribution in [2.75, 3.05) is 20.3 Å². The van der Waals surface area contributed by atoms with Gasteiger partial charge in [-0.25, -0.2) is 18.2 Å². The van der Waals surface area contributed by atoms with Crippen LogP contribution < -0.4 is 16.0 Å². The van der Waals surface area contributed by atoms with Gasteiger partial charge in [-0.1, -0.05) is 17.3 Å². The number of guanidine groups is 1. The Kier molecular flexibility index (Phi) is 10.6. The predicted octanol–water partition coefficient (Wildman–Crippen LogP) is 3.65. The first-order valence-corrected chi connectivity index (χ1v) is 10.7. The third-order valence-electron chi connectivity index (χ3n) is 4.82. The zero-order valence-electron chi connectivity index (χ0n) is 19.1. The number of hydrogen-bond donors (Lipinski definition) is 3. The van der Waals surface area contributed by atoms with E-state index in [9.17, 15) is 22.9 Å². The molecule has 11 heteroatoms. The lowest BCUT2D eigenvalue weighted by Gasteiger charge is -2.21. The average Bonchev–Trinajstić information content (AvgIpc) is 2.82. The minimum atomic E-state index is -1.16. The first-order chi connectivity index (χ1) is 16.3. The van der Waals surface area contributed by atoms with Gasteiger partial charge in [-0.3, -0.25) is 15.4 Å². The number of amides is 1. The van der Waals surface area contributed by atoms with Gasteiger partial charge < -0.3 is 10.1 Å². The highest BCUT2D eigenvalue weighted by molar-refractivity contribution is 6.05. The second-order valence-electron chi connectivity index (χ2n) is 7.48. The zero-order chi connectivity index (χ0) is 25.1.